The van der Waals surface area contributed by atoms with E-state index < -0.39 is 17.0 Å². The number of carbonyl (C=O) groups excluding carboxylic acids is 1. The molecule has 2 aliphatic rings. The van der Waals surface area contributed by atoms with E-state index in [1.54, 1.807) is 4.90 Å². The molecule has 0 saturated carbocycles. The number of amides is 1. The third-order valence-electron chi connectivity index (χ3n) is 5.50. The van der Waals surface area contributed by atoms with E-state index in [1.165, 1.54) is 6.07 Å². The lowest BCUT2D eigenvalue weighted by molar-refractivity contribution is -0.146. The van der Waals surface area contributed by atoms with E-state index in [9.17, 15) is 23.8 Å². The zero-order chi connectivity index (χ0) is 18.0. The van der Waals surface area contributed by atoms with Crippen molar-refractivity contribution >= 4 is 5.91 Å². The van der Waals surface area contributed by atoms with Gasteiger partial charge in [0.1, 0.15) is 0 Å². The van der Waals surface area contributed by atoms with Crippen LogP contribution in [0.25, 0.3) is 0 Å². The van der Waals surface area contributed by atoms with Crippen LogP contribution in [0, 0.1) is 17.0 Å². The van der Waals surface area contributed by atoms with E-state index in [4.69, 9.17) is 0 Å². The Kier molecular flexibility index (Phi) is 5.36. The normalized spacial score (nSPS) is 24.7. The number of hydrogen-bond acceptors (Lipinski definition) is 4. The quantitative estimate of drug-likeness (QED) is 0.832. The molecule has 25 heavy (non-hydrogen) atoms. The minimum atomic E-state index is -0.905. The molecular formula is C18H24F2N2O3. The van der Waals surface area contributed by atoms with Crippen molar-refractivity contribution in [1.82, 2.24) is 9.80 Å². The van der Waals surface area contributed by atoms with Crippen LogP contribution in [-0.2, 0) is 11.3 Å². The summed E-state index contributed by atoms with van der Waals surface area (Å²) in [6.07, 6.45) is 2.32. The van der Waals surface area contributed by atoms with Crippen LogP contribution < -0.4 is 0 Å². The maximum Gasteiger partial charge on any atom is 0.230 e. The fourth-order valence-corrected chi connectivity index (χ4v) is 4.04. The van der Waals surface area contributed by atoms with Gasteiger partial charge in [0.15, 0.2) is 11.6 Å². The minimum absolute atomic E-state index is 0.0283. The summed E-state index contributed by atoms with van der Waals surface area (Å²) in [6, 6.07) is 3.38. The number of hydrogen-bond donors (Lipinski definition) is 2. The van der Waals surface area contributed by atoms with Gasteiger partial charge in [-0.2, -0.15) is 0 Å². The molecule has 0 radical (unpaired) electrons. The van der Waals surface area contributed by atoms with Crippen molar-refractivity contribution in [3.05, 3.63) is 35.4 Å². The molecule has 1 unspecified atom stereocenters. The lowest BCUT2D eigenvalue weighted by Gasteiger charge is -2.40. The molecular weight excluding hydrogens is 330 g/mol. The van der Waals surface area contributed by atoms with Gasteiger partial charge in [-0.3, -0.25) is 9.69 Å². The van der Waals surface area contributed by atoms with E-state index in [2.05, 4.69) is 0 Å². The number of benzene rings is 1. The Morgan fingerprint density at radius 2 is 1.88 bits per heavy atom. The van der Waals surface area contributed by atoms with Crippen LogP contribution in [0.1, 0.15) is 24.8 Å². The van der Waals surface area contributed by atoms with Crippen LogP contribution in [0.2, 0.25) is 0 Å². The second-order valence-electron chi connectivity index (χ2n) is 7.10. The molecule has 0 aliphatic carbocycles. The van der Waals surface area contributed by atoms with Crippen LogP contribution in [0.5, 0.6) is 0 Å². The maximum absolute atomic E-state index is 13.4. The standard InChI is InChI=1S/C18H24F2N2O3/c19-15-3-2-13(8-16(15)20)9-21-6-1-4-18(17(21)25)5-7-22(12-18)14(10-23)11-24/h2-3,8,14,23-24H,1,4-7,9-12H2. The zero-order valence-corrected chi connectivity index (χ0v) is 14.1. The summed E-state index contributed by atoms with van der Waals surface area (Å²) in [5.74, 6) is -1.77. The summed E-state index contributed by atoms with van der Waals surface area (Å²) >= 11 is 0. The molecule has 1 aromatic rings. The highest BCUT2D eigenvalue weighted by Gasteiger charge is 2.49. The van der Waals surface area contributed by atoms with E-state index in [-0.39, 0.29) is 31.7 Å². The summed E-state index contributed by atoms with van der Waals surface area (Å²) in [4.78, 5) is 16.7. The number of carbonyl (C=O) groups is 1. The van der Waals surface area contributed by atoms with Crippen molar-refractivity contribution in [3.63, 3.8) is 0 Å². The van der Waals surface area contributed by atoms with Gasteiger partial charge in [0.2, 0.25) is 5.91 Å². The molecule has 1 atom stereocenters. The molecule has 7 heteroatoms. The fraction of sp³-hybridized carbons (Fsp3) is 0.611. The van der Waals surface area contributed by atoms with Crippen LogP contribution in [0.15, 0.2) is 18.2 Å². The summed E-state index contributed by atoms with van der Waals surface area (Å²) < 4.78 is 26.5. The van der Waals surface area contributed by atoms with Gasteiger partial charge in [-0.25, -0.2) is 8.78 Å². The minimum Gasteiger partial charge on any atom is -0.395 e. The average Bonchev–Trinajstić information content (AvgIpc) is 3.01. The Balaban J connectivity index is 1.72. The van der Waals surface area contributed by atoms with Crippen LogP contribution in [0.3, 0.4) is 0 Å². The Labute approximate surface area is 145 Å². The molecule has 2 aliphatic heterocycles. The molecule has 5 nitrogen and oxygen atoms in total. The first-order chi connectivity index (χ1) is 12.0. The Morgan fingerprint density at radius 3 is 2.56 bits per heavy atom. The third kappa shape index (κ3) is 3.54. The third-order valence-corrected chi connectivity index (χ3v) is 5.50. The highest BCUT2D eigenvalue weighted by molar-refractivity contribution is 5.84. The Hall–Kier alpha value is -1.57. The van der Waals surface area contributed by atoms with E-state index in [0.717, 1.165) is 25.0 Å². The second kappa shape index (κ2) is 7.35. The van der Waals surface area contributed by atoms with Crippen molar-refractivity contribution in [1.29, 1.82) is 0 Å². The lowest BCUT2D eigenvalue weighted by Crippen LogP contribution is -2.50. The number of likely N-dealkylation sites (tertiary alicyclic amines) is 2. The highest BCUT2D eigenvalue weighted by Crippen LogP contribution is 2.41. The largest absolute Gasteiger partial charge is 0.395 e. The van der Waals surface area contributed by atoms with Crippen molar-refractivity contribution in [2.45, 2.75) is 31.8 Å². The average molecular weight is 354 g/mol. The van der Waals surface area contributed by atoms with Gasteiger partial charge in [-0.15, -0.1) is 0 Å². The first-order valence-electron chi connectivity index (χ1n) is 8.68. The molecule has 138 valence electrons. The predicted molar refractivity (Wildman–Crippen MR) is 87.6 cm³/mol. The number of nitrogens with zero attached hydrogens (tertiary/aromatic N) is 2. The number of aliphatic hydroxyl groups excluding tert-OH is 2. The van der Waals surface area contributed by atoms with Gasteiger partial charge in [0, 0.05) is 19.6 Å². The highest BCUT2D eigenvalue weighted by atomic mass is 19.2. The van der Waals surface area contributed by atoms with Crippen molar-refractivity contribution < 1.29 is 23.8 Å². The van der Waals surface area contributed by atoms with Crippen LogP contribution in [-0.4, -0.2) is 64.8 Å². The lowest BCUT2D eigenvalue weighted by atomic mass is 9.78. The summed E-state index contributed by atoms with van der Waals surface area (Å²) in [5.41, 5.74) is 0.0714. The van der Waals surface area contributed by atoms with Crippen molar-refractivity contribution in [3.8, 4) is 0 Å². The van der Waals surface area contributed by atoms with Gasteiger partial charge >= 0.3 is 0 Å². The molecule has 2 saturated heterocycles. The summed E-state index contributed by atoms with van der Waals surface area (Å²) in [6.45, 7) is 1.77. The Morgan fingerprint density at radius 1 is 1.12 bits per heavy atom. The summed E-state index contributed by atoms with van der Waals surface area (Å²) in [5, 5.41) is 18.7. The molecule has 3 rings (SSSR count). The number of halogens is 2. The van der Waals surface area contributed by atoms with Gasteiger partial charge in [0.25, 0.3) is 0 Å². The van der Waals surface area contributed by atoms with Gasteiger partial charge in [0.05, 0.1) is 24.7 Å². The molecule has 0 aromatic heterocycles. The van der Waals surface area contributed by atoms with Crippen LogP contribution >= 0.6 is 0 Å². The molecule has 2 heterocycles. The van der Waals surface area contributed by atoms with Crippen LogP contribution in [0.4, 0.5) is 8.78 Å². The number of aliphatic hydroxyl groups is 2. The molecule has 0 bridgehead atoms. The maximum atomic E-state index is 13.4. The topological polar surface area (TPSA) is 64.0 Å². The zero-order valence-electron chi connectivity index (χ0n) is 14.1. The van der Waals surface area contributed by atoms with Gasteiger partial charge in [-0.1, -0.05) is 6.07 Å². The van der Waals surface area contributed by atoms with E-state index >= 15 is 0 Å². The fourth-order valence-electron chi connectivity index (χ4n) is 4.04. The molecule has 2 N–H and O–H groups in total. The van der Waals surface area contributed by atoms with Gasteiger partial charge < -0.3 is 15.1 Å². The van der Waals surface area contributed by atoms with E-state index in [1.807, 2.05) is 4.90 Å². The van der Waals surface area contributed by atoms with Crippen molar-refractivity contribution in [2.24, 2.45) is 5.41 Å². The molecule has 1 spiro atoms. The monoisotopic (exact) mass is 354 g/mol. The van der Waals surface area contributed by atoms with Crippen molar-refractivity contribution in [2.75, 3.05) is 32.8 Å². The smallest absolute Gasteiger partial charge is 0.230 e. The summed E-state index contributed by atoms with van der Waals surface area (Å²) in [7, 11) is 0. The Bertz CT molecular complexity index is 639. The second-order valence-corrected chi connectivity index (χ2v) is 7.10. The van der Waals surface area contributed by atoms with E-state index in [0.29, 0.717) is 31.6 Å². The first-order valence-corrected chi connectivity index (χ1v) is 8.68. The number of rotatable bonds is 5. The first kappa shape index (κ1) is 18.2. The predicted octanol–water partition coefficient (Wildman–Crippen LogP) is 1.13. The SMILES string of the molecule is O=C1N(Cc2ccc(F)c(F)c2)CCCC12CCN(C(CO)CO)C2. The molecule has 2 fully saturated rings. The van der Waals surface area contributed by atoms with Gasteiger partial charge in [-0.05, 0) is 43.5 Å². The molecule has 1 amide bonds. The number of piperidine rings is 1. The molecule has 1 aromatic carbocycles.